The molecule has 0 spiro atoms. The van der Waals surface area contributed by atoms with Gasteiger partial charge in [-0.25, -0.2) is 18.0 Å². The number of anilines is 1. The molecular weight excluding hydrogens is 455 g/mol. The molecule has 4 unspecified atom stereocenters. The highest BCUT2D eigenvalue weighted by molar-refractivity contribution is 5.94. The Morgan fingerprint density at radius 3 is 2.44 bits per heavy atom. The van der Waals surface area contributed by atoms with E-state index in [4.69, 9.17) is 4.74 Å². The van der Waals surface area contributed by atoms with Crippen molar-refractivity contribution in [3.63, 3.8) is 0 Å². The summed E-state index contributed by atoms with van der Waals surface area (Å²) in [6.07, 6.45) is -1.20. The molecule has 34 heavy (non-hydrogen) atoms. The second kappa shape index (κ2) is 8.60. The van der Waals surface area contributed by atoms with Crippen molar-refractivity contribution in [3.8, 4) is 5.75 Å². The first-order chi connectivity index (χ1) is 16.2. The van der Waals surface area contributed by atoms with Gasteiger partial charge < -0.3 is 19.8 Å². The van der Waals surface area contributed by atoms with E-state index in [1.165, 1.54) is 11.7 Å². The Balaban J connectivity index is 1.75. The largest absolute Gasteiger partial charge is 0.492 e. The molecule has 2 aliphatic carbocycles. The van der Waals surface area contributed by atoms with Crippen LogP contribution in [0.3, 0.4) is 0 Å². The van der Waals surface area contributed by atoms with E-state index < -0.39 is 46.6 Å². The van der Waals surface area contributed by atoms with Crippen molar-refractivity contribution < 1.29 is 28.1 Å². The van der Waals surface area contributed by atoms with Crippen LogP contribution in [-0.4, -0.2) is 52.2 Å². The molecule has 0 bridgehead atoms. The summed E-state index contributed by atoms with van der Waals surface area (Å²) < 4.78 is 51.0. The van der Waals surface area contributed by atoms with Crippen LogP contribution in [0.25, 0.3) is 10.9 Å². The lowest BCUT2D eigenvalue weighted by Crippen LogP contribution is -2.39. The first-order valence-electron chi connectivity index (χ1n) is 11.7. The number of aromatic amines is 1. The number of aliphatic hydroxyl groups excluding tert-OH is 2. The Morgan fingerprint density at radius 2 is 1.79 bits per heavy atom. The highest BCUT2D eigenvalue weighted by atomic mass is 19.3. The van der Waals surface area contributed by atoms with Gasteiger partial charge in [0.05, 0.1) is 30.3 Å². The minimum absolute atomic E-state index is 0.0791. The van der Waals surface area contributed by atoms with Gasteiger partial charge in [0.15, 0.2) is 11.6 Å². The van der Waals surface area contributed by atoms with E-state index in [1.54, 1.807) is 4.90 Å². The number of halogens is 3. The maximum absolute atomic E-state index is 15.8. The second-order valence-corrected chi connectivity index (χ2v) is 9.67. The Labute approximate surface area is 193 Å². The van der Waals surface area contributed by atoms with Crippen LogP contribution in [0.5, 0.6) is 5.75 Å². The quantitative estimate of drug-likeness (QED) is 0.617. The number of fused-ring (bicyclic) bond motifs is 2. The molecule has 5 rings (SSSR count). The number of rotatable bonds is 4. The van der Waals surface area contributed by atoms with Gasteiger partial charge >= 0.3 is 5.69 Å². The number of hydrogen-bond donors (Lipinski definition) is 3. The van der Waals surface area contributed by atoms with E-state index in [2.05, 4.69) is 4.98 Å². The molecule has 186 valence electrons. The first kappa shape index (κ1) is 23.2. The maximum atomic E-state index is 15.8. The third kappa shape index (κ3) is 3.60. The summed E-state index contributed by atoms with van der Waals surface area (Å²) in [7, 11) is 1.25. The number of nitrogens with one attached hydrogen (secondary N) is 1. The molecule has 2 aromatic rings. The molecule has 11 heteroatoms. The molecule has 4 atom stereocenters. The fourth-order valence-electron chi connectivity index (χ4n) is 5.82. The molecule has 2 saturated carbocycles. The molecule has 0 radical (unpaired) electrons. The third-order valence-corrected chi connectivity index (χ3v) is 7.59. The van der Waals surface area contributed by atoms with Gasteiger partial charge in [0, 0.05) is 25.0 Å². The lowest BCUT2D eigenvalue weighted by molar-refractivity contribution is -0.0347. The molecular formula is C23H28F3N3O5. The van der Waals surface area contributed by atoms with Gasteiger partial charge in [-0.15, -0.1) is 0 Å². The minimum Gasteiger partial charge on any atom is -0.492 e. The van der Waals surface area contributed by atoms with Gasteiger partial charge in [-0.3, -0.25) is 14.3 Å². The monoisotopic (exact) mass is 483 g/mol. The van der Waals surface area contributed by atoms with E-state index in [9.17, 15) is 28.6 Å². The lowest BCUT2D eigenvalue weighted by atomic mass is 9.81. The van der Waals surface area contributed by atoms with E-state index in [0.717, 1.165) is 19.3 Å². The van der Waals surface area contributed by atoms with E-state index in [-0.39, 0.29) is 47.9 Å². The fourth-order valence-corrected chi connectivity index (χ4v) is 5.82. The molecule has 3 N–H and O–H groups in total. The van der Waals surface area contributed by atoms with Gasteiger partial charge in [-0.2, -0.15) is 0 Å². The number of hydrogen-bond acceptors (Lipinski definition) is 6. The zero-order chi connectivity index (χ0) is 24.3. The van der Waals surface area contributed by atoms with Crippen molar-refractivity contribution in [2.24, 2.45) is 11.8 Å². The van der Waals surface area contributed by atoms with Crippen LogP contribution in [0, 0.1) is 17.7 Å². The number of ether oxygens (including phenoxy) is 1. The van der Waals surface area contributed by atoms with Gasteiger partial charge in [-0.1, -0.05) is 12.8 Å². The van der Waals surface area contributed by atoms with Crippen molar-refractivity contribution in [1.29, 1.82) is 0 Å². The summed E-state index contributed by atoms with van der Waals surface area (Å²) in [5, 5.41) is 20.5. The van der Waals surface area contributed by atoms with Crippen molar-refractivity contribution in [3.05, 3.63) is 32.2 Å². The summed E-state index contributed by atoms with van der Waals surface area (Å²) in [5.41, 5.74) is -3.27. The molecule has 1 saturated heterocycles. The van der Waals surface area contributed by atoms with Gasteiger partial charge in [0.2, 0.25) is 0 Å². The Bertz CT molecular complexity index is 1230. The average Bonchev–Trinajstić information content (AvgIpc) is 3.53. The SMILES string of the molecule is COc1c(N2CC3CCCCC(O)C(O)C3C2)c(F)c(C(F)F)c2c(=O)[nH]c(=O)n(C3CC3)c12. The normalized spacial score (nSPS) is 27.7. The highest BCUT2D eigenvalue weighted by Gasteiger charge is 2.44. The van der Waals surface area contributed by atoms with Crippen LogP contribution in [-0.2, 0) is 0 Å². The minimum atomic E-state index is -3.30. The van der Waals surface area contributed by atoms with Crippen LogP contribution in [0.1, 0.15) is 56.6 Å². The van der Waals surface area contributed by atoms with Crippen molar-refractivity contribution in [2.75, 3.05) is 25.1 Å². The summed E-state index contributed by atoms with van der Waals surface area (Å²) in [6, 6.07) is -0.297. The Morgan fingerprint density at radius 1 is 1.09 bits per heavy atom. The standard InChI is InChI=1S/C23H28F3N3O5/c1-34-20-17-15(22(32)27-23(33)29(17)11-6-7-11)14(21(25)26)16(24)18(20)28-8-10-4-2-3-5-13(30)19(31)12(10)9-28/h10-13,19,21,30-31H,2-9H2,1H3,(H,27,32,33). The van der Waals surface area contributed by atoms with E-state index in [0.29, 0.717) is 19.3 Å². The molecule has 3 aliphatic rings. The second-order valence-electron chi connectivity index (χ2n) is 9.67. The predicted molar refractivity (Wildman–Crippen MR) is 118 cm³/mol. The van der Waals surface area contributed by atoms with E-state index >= 15 is 4.39 Å². The zero-order valence-corrected chi connectivity index (χ0v) is 18.8. The van der Waals surface area contributed by atoms with Crippen LogP contribution in [0.4, 0.5) is 18.9 Å². The van der Waals surface area contributed by atoms with Gasteiger partial charge in [-0.05, 0) is 31.6 Å². The number of nitrogens with zero attached hydrogens (tertiary/aromatic N) is 2. The van der Waals surface area contributed by atoms with Crippen LogP contribution in [0.15, 0.2) is 9.59 Å². The number of methoxy groups -OCH3 is 1. The van der Waals surface area contributed by atoms with Crippen molar-refractivity contribution in [2.45, 2.75) is 63.2 Å². The van der Waals surface area contributed by atoms with Crippen molar-refractivity contribution in [1.82, 2.24) is 9.55 Å². The molecule has 0 amide bonds. The molecule has 1 aromatic heterocycles. The average molecular weight is 483 g/mol. The topological polar surface area (TPSA) is 108 Å². The maximum Gasteiger partial charge on any atom is 0.329 e. The smallest absolute Gasteiger partial charge is 0.329 e. The summed E-state index contributed by atoms with van der Waals surface area (Å²) in [5.74, 6) is -1.87. The van der Waals surface area contributed by atoms with Crippen molar-refractivity contribution >= 4 is 16.6 Å². The van der Waals surface area contributed by atoms with Crippen LogP contribution >= 0.6 is 0 Å². The summed E-state index contributed by atoms with van der Waals surface area (Å²) in [6.45, 7) is 0.397. The van der Waals surface area contributed by atoms with Crippen LogP contribution < -0.4 is 20.9 Å². The summed E-state index contributed by atoms with van der Waals surface area (Å²) in [4.78, 5) is 28.9. The Hall–Kier alpha value is -2.53. The van der Waals surface area contributed by atoms with Gasteiger partial charge in [0.25, 0.3) is 12.0 Å². The zero-order valence-electron chi connectivity index (χ0n) is 18.8. The van der Waals surface area contributed by atoms with Crippen LogP contribution in [0.2, 0.25) is 0 Å². The number of aromatic nitrogens is 2. The molecule has 1 aliphatic heterocycles. The van der Waals surface area contributed by atoms with Gasteiger partial charge in [0.1, 0.15) is 11.2 Å². The number of aliphatic hydroxyl groups is 2. The number of benzene rings is 1. The Kier molecular flexibility index (Phi) is 5.87. The number of alkyl halides is 2. The molecule has 1 aromatic carbocycles. The highest BCUT2D eigenvalue weighted by Crippen LogP contribution is 2.48. The fraction of sp³-hybridized carbons (Fsp3) is 0.652. The molecule has 8 nitrogen and oxygen atoms in total. The summed E-state index contributed by atoms with van der Waals surface area (Å²) >= 11 is 0. The lowest BCUT2D eigenvalue weighted by Gasteiger charge is -2.30. The molecule has 2 heterocycles. The van der Waals surface area contributed by atoms with E-state index in [1.807, 2.05) is 0 Å². The predicted octanol–water partition coefficient (Wildman–Crippen LogP) is 2.46. The molecule has 3 fully saturated rings. The first-order valence-corrected chi connectivity index (χ1v) is 11.7. The number of H-pyrrole nitrogens is 1. The third-order valence-electron chi connectivity index (χ3n) is 7.59.